The number of hydrogen-bond donors (Lipinski definition) is 2. The summed E-state index contributed by atoms with van der Waals surface area (Å²) in [7, 11) is 3.80. The van der Waals surface area contributed by atoms with Gasteiger partial charge in [0.05, 0.1) is 25.8 Å². The van der Waals surface area contributed by atoms with E-state index >= 15 is 0 Å². The number of aliphatic hydroxyl groups excluding tert-OH is 1. The highest BCUT2D eigenvalue weighted by Gasteiger charge is 2.28. The van der Waals surface area contributed by atoms with Crippen LogP contribution in [-0.2, 0) is 19.9 Å². The molecule has 1 aliphatic carbocycles. The molecule has 26 heavy (non-hydrogen) atoms. The monoisotopic (exact) mass is 384 g/mol. The van der Waals surface area contributed by atoms with E-state index in [0.717, 1.165) is 35.1 Å². The standard InChI is InChI=1S/C20H29FN2O2.ClH/c1-13(22-12-6-11-21)20(24)15-9-10-17(25-3)19-18(15)14-7-4-5-8-16(14)23(19)2;/h9-10,13,20,22,24H,4-8,11-12H2,1-3H3;1H. The van der Waals surface area contributed by atoms with Crippen molar-refractivity contribution in [1.29, 1.82) is 0 Å². The molecule has 0 saturated heterocycles. The highest BCUT2D eigenvalue weighted by atomic mass is 35.5. The molecule has 3 rings (SSSR count). The first-order valence-corrected chi connectivity index (χ1v) is 9.34. The number of aliphatic hydroxyl groups is 1. The number of aromatic nitrogens is 1. The van der Waals surface area contributed by atoms with Crippen LogP contribution in [0.3, 0.4) is 0 Å². The molecule has 146 valence electrons. The second-order valence-electron chi connectivity index (χ2n) is 7.14. The number of aryl methyl sites for hydroxylation is 2. The molecule has 0 amide bonds. The molecule has 1 aromatic carbocycles. The van der Waals surface area contributed by atoms with Gasteiger partial charge in [-0.15, -0.1) is 0 Å². The maximum Gasteiger partial charge on any atom is 0.143 e. The molecule has 2 atom stereocenters. The molecule has 1 aliphatic rings. The molecule has 3 N–H and O–H groups in total. The largest absolute Gasteiger partial charge is 1.00 e. The minimum Gasteiger partial charge on any atom is -1.00 e. The Bertz CT molecular complexity index is 747. The summed E-state index contributed by atoms with van der Waals surface area (Å²) < 4.78 is 20.2. The SMILES string of the molecule is COc1ccc(C(O)C(C)[NH2+]CCCF)c2c3c(n(C)c12)CCCC3.[Cl-]. The van der Waals surface area contributed by atoms with E-state index in [1.54, 1.807) is 7.11 Å². The van der Waals surface area contributed by atoms with E-state index in [-0.39, 0.29) is 25.1 Å². The van der Waals surface area contributed by atoms with E-state index in [9.17, 15) is 9.50 Å². The number of ether oxygens (including phenoxy) is 1. The van der Waals surface area contributed by atoms with Gasteiger partial charge in [0.15, 0.2) is 0 Å². The van der Waals surface area contributed by atoms with Crippen molar-refractivity contribution in [2.24, 2.45) is 7.05 Å². The predicted octanol–water partition coefficient (Wildman–Crippen LogP) is -0.585. The molecular formula is C20H30ClFN2O2. The number of fused-ring (bicyclic) bond motifs is 3. The Labute approximate surface area is 161 Å². The topological polar surface area (TPSA) is 51.0 Å². The van der Waals surface area contributed by atoms with E-state index in [0.29, 0.717) is 13.0 Å². The number of benzene rings is 1. The minimum atomic E-state index is -0.582. The molecule has 0 spiro atoms. The van der Waals surface area contributed by atoms with Gasteiger partial charge >= 0.3 is 0 Å². The number of quaternary nitrogens is 1. The van der Waals surface area contributed by atoms with Crippen LogP contribution in [0.15, 0.2) is 12.1 Å². The third-order valence-electron chi connectivity index (χ3n) is 5.57. The predicted molar refractivity (Wildman–Crippen MR) is 97.9 cm³/mol. The first-order valence-electron chi connectivity index (χ1n) is 9.34. The molecule has 4 nitrogen and oxygen atoms in total. The number of nitrogens with zero attached hydrogens (tertiary/aromatic N) is 1. The molecule has 2 unspecified atom stereocenters. The Balaban J connectivity index is 0.00000243. The molecule has 0 aliphatic heterocycles. The van der Waals surface area contributed by atoms with Crippen molar-refractivity contribution in [3.63, 3.8) is 0 Å². The molecule has 1 aromatic heterocycles. The van der Waals surface area contributed by atoms with Crippen LogP contribution in [0, 0.1) is 0 Å². The summed E-state index contributed by atoms with van der Waals surface area (Å²) in [6.45, 7) is 2.40. The Morgan fingerprint density at radius 1 is 1.31 bits per heavy atom. The van der Waals surface area contributed by atoms with Gasteiger partial charge in [-0.1, -0.05) is 6.07 Å². The molecule has 0 fully saturated rings. The van der Waals surface area contributed by atoms with Crippen LogP contribution >= 0.6 is 0 Å². The van der Waals surface area contributed by atoms with Crippen LogP contribution in [0.1, 0.15) is 49.1 Å². The molecule has 1 heterocycles. The molecule has 2 aromatic rings. The third-order valence-corrected chi connectivity index (χ3v) is 5.57. The van der Waals surface area contributed by atoms with Gasteiger partial charge in [-0.2, -0.15) is 0 Å². The van der Waals surface area contributed by atoms with Crippen molar-refractivity contribution >= 4 is 10.9 Å². The van der Waals surface area contributed by atoms with Gasteiger partial charge in [-0.05, 0) is 49.8 Å². The zero-order valence-electron chi connectivity index (χ0n) is 15.9. The fourth-order valence-corrected chi connectivity index (χ4v) is 4.18. The Morgan fingerprint density at radius 2 is 2.04 bits per heavy atom. The van der Waals surface area contributed by atoms with Crippen LogP contribution in [-0.4, -0.2) is 36.0 Å². The lowest BCUT2D eigenvalue weighted by Gasteiger charge is -2.20. The van der Waals surface area contributed by atoms with Gasteiger partial charge in [0.25, 0.3) is 0 Å². The summed E-state index contributed by atoms with van der Waals surface area (Å²) in [5.41, 5.74) is 4.79. The van der Waals surface area contributed by atoms with Crippen molar-refractivity contribution in [3.8, 4) is 5.75 Å². The molecule has 0 radical (unpaired) electrons. The maximum atomic E-state index is 12.4. The van der Waals surface area contributed by atoms with Crippen molar-refractivity contribution in [2.45, 2.75) is 51.2 Å². The third kappa shape index (κ3) is 3.71. The smallest absolute Gasteiger partial charge is 0.143 e. The summed E-state index contributed by atoms with van der Waals surface area (Å²) in [5.74, 6) is 0.858. The van der Waals surface area contributed by atoms with E-state index < -0.39 is 6.10 Å². The quantitative estimate of drug-likeness (QED) is 0.627. The fraction of sp³-hybridized carbons (Fsp3) is 0.600. The normalized spacial score (nSPS) is 16.0. The van der Waals surface area contributed by atoms with Crippen LogP contribution in [0.4, 0.5) is 4.39 Å². The first kappa shape index (κ1) is 21.0. The second-order valence-corrected chi connectivity index (χ2v) is 7.14. The zero-order valence-corrected chi connectivity index (χ0v) is 16.7. The van der Waals surface area contributed by atoms with Crippen molar-refractivity contribution in [1.82, 2.24) is 4.57 Å². The van der Waals surface area contributed by atoms with E-state index in [4.69, 9.17) is 4.74 Å². The van der Waals surface area contributed by atoms with Gasteiger partial charge in [0.1, 0.15) is 17.9 Å². The summed E-state index contributed by atoms with van der Waals surface area (Å²) in [6, 6.07) is 3.95. The molecular weight excluding hydrogens is 355 g/mol. The molecule has 0 bridgehead atoms. The Morgan fingerprint density at radius 3 is 2.73 bits per heavy atom. The number of nitrogens with two attached hydrogens (primary N) is 1. The van der Waals surface area contributed by atoms with Crippen molar-refractivity contribution < 1.29 is 32.0 Å². The summed E-state index contributed by atoms with van der Waals surface area (Å²) >= 11 is 0. The minimum absolute atomic E-state index is 0. The summed E-state index contributed by atoms with van der Waals surface area (Å²) in [5, 5.41) is 14.2. The molecule has 6 heteroatoms. The highest BCUT2D eigenvalue weighted by Crippen LogP contribution is 2.40. The van der Waals surface area contributed by atoms with Gasteiger partial charge in [0.2, 0.25) is 0 Å². The number of methoxy groups -OCH3 is 1. The lowest BCUT2D eigenvalue weighted by atomic mass is 9.91. The lowest BCUT2D eigenvalue weighted by molar-refractivity contribution is -0.694. The average molecular weight is 385 g/mol. The molecule has 0 saturated carbocycles. The average Bonchev–Trinajstić information content (AvgIpc) is 2.94. The number of alkyl halides is 1. The Kier molecular flexibility index (Phi) is 7.33. The van der Waals surface area contributed by atoms with Gasteiger partial charge in [0, 0.05) is 24.5 Å². The zero-order chi connectivity index (χ0) is 18.0. The van der Waals surface area contributed by atoms with Crippen LogP contribution in [0.25, 0.3) is 10.9 Å². The summed E-state index contributed by atoms with van der Waals surface area (Å²) in [4.78, 5) is 0. The van der Waals surface area contributed by atoms with Gasteiger partial charge < -0.3 is 32.1 Å². The van der Waals surface area contributed by atoms with Crippen LogP contribution < -0.4 is 22.5 Å². The van der Waals surface area contributed by atoms with Crippen LogP contribution in [0.2, 0.25) is 0 Å². The number of halogens is 2. The number of hydrogen-bond acceptors (Lipinski definition) is 2. The summed E-state index contributed by atoms with van der Waals surface area (Å²) in [6.07, 6.45) is 4.48. The Hall–Kier alpha value is -1.30. The van der Waals surface area contributed by atoms with Crippen molar-refractivity contribution in [3.05, 3.63) is 29.0 Å². The van der Waals surface area contributed by atoms with E-state index in [1.807, 2.05) is 24.4 Å². The van der Waals surface area contributed by atoms with Crippen LogP contribution in [0.5, 0.6) is 5.75 Å². The van der Waals surface area contributed by atoms with Crippen molar-refractivity contribution in [2.75, 3.05) is 20.3 Å². The second kappa shape index (κ2) is 9.07. The maximum absolute atomic E-state index is 12.4. The number of rotatable bonds is 7. The highest BCUT2D eigenvalue weighted by molar-refractivity contribution is 5.94. The van der Waals surface area contributed by atoms with E-state index in [2.05, 4.69) is 11.6 Å². The van der Waals surface area contributed by atoms with Gasteiger partial charge in [-0.3, -0.25) is 4.39 Å². The lowest BCUT2D eigenvalue weighted by Crippen LogP contribution is -3.00. The first-order chi connectivity index (χ1) is 12.1. The fourth-order valence-electron chi connectivity index (χ4n) is 4.18. The van der Waals surface area contributed by atoms with Gasteiger partial charge in [-0.25, -0.2) is 0 Å². The van der Waals surface area contributed by atoms with E-state index in [1.165, 1.54) is 24.1 Å².